The van der Waals surface area contributed by atoms with E-state index in [0.717, 1.165) is 27.8 Å². The lowest BCUT2D eigenvalue weighted by molar-refractivity contribution is 0.414. The van der Waals surface area contributed by atoms with Crippen LogP contribution in [0.15, 0.2) is 72.9 Å². The van der Waals surface area contributed by atoms with Crippen LogP contribution in [0.4, 0.5) is 0 Å². The van der Waals surface area contributed by atoms with E-state index in [2.05, 4.69) is 59.6 Å². The molecule has 0 saturated heterocycles. The molecule has 2 nitrogen and oxygen atoms in total. The Morgan fingerprint density at radius 2 is 1.50 bits per heavy atom. The van der Waals surface area contributed by atoms with Crippen LogP contribution in [0.3, 0.4) is 0 Å². The van der Waals surface area contributed by atoms with Crippen molar-refractivity contribution in [1.29, 1.82) is 0 Å². The zero-order valence-corrected chi connectivity index (χ0v) is 13.4. The molecule has 4 rings (SSSR count). The van der Waals surface area contributed by atoms with E-state index in [4.69, 9.17) is 4.74 Å². The first kappa shape index (κ1) is 14.5. The molecule has 0 radical (unpaired) electrons. The third-order valence-corrected chi connectivity index (χ3v) is 4.23. The molecule has 3 aromatic carbocycles. The third kappa shape index (κ3) is 2.52. The Bertz CT molecular complexity index is 1050. The van der Waals surface area contributed by atoms with E-state index in [-0.39, 0.29) is 0 Å². The van der Waals surface area contributed by atoms with Gasteiger partial charge in [-0.2, -0.15) is 0 Å². The van der Waals surface area contributed by atoms with Crippen molar-refractivity contribution in [1.82, 2.24) is 4.98 Å². The summed E-state index contributed by atoms with van der Waals surface area (Å²) < 4.78 is 5.43. The summed E-state index contributed by atoms with van der Waals surface area (Å²) >= 11 is 0. The van der Waals surface area contributed by atoms with Crippen LogP contribution in [-0.2, 0) is 0 Å². The molecule has 4 aromatic rings. The van der Waals surface area contributed by atoms with Gasteiger partial charge in [-0.1, -0.05) is 66.7 Å². The van der Waals surface area contributed by atoms with Gasteiger partial charge < -0.3 is 4.74 Å². The number of aromatic nitrogens is 1. The van der Waals surface area contributed by atoms with E-state index in [1.165, 1.54) is 10.8 Å². The average Bonchev–Trinajstić information content (AvgIpc) is 2.66. The molecule has 0 bridgehead atoms. The van der Waals surface area contributed by atoms with Crippen molar-refractivity contribution in [3.63, 3.8) is 0 Å². The fourth-order valence-corrected chi connectivity index (χ4v) is 3.06. The second-order valence-corrected chi connectivity index (χ2v) is 5.66. The van der Waals surface area contributed by atoms with Crippen LogP contribution in [-0.4, -0.2) is 12.1 Å². The molecule has 0 atom stereocenters. The number of ether oxygens (including phenoxy) is 1. The summed E-state index contributed by atoms with van der Waals surface area (Å²) in [4.78, 5) is 4.60. The number of nitrogens with zero attached hydrogens (tertiary/aromatic N) is 1. The van der Waals surface area contributed by atoms with Gasteiger partial charge >= 0.3 is 0 Å². The van der Waals surface area contributed by atoms with Gasteiger partial charge in [0.05, 0.1) is 12.6 Å². The monoisotopic (exact) mass is 311 g/mol. The third-order valence-electron chi connectivity index (χ3n) is 4.23. The number of para-hydroxylation sites is 1. The molecule has 0 aliphatic rings. The minimum absolute atomic E-state index is 0.872. The van der Waals surface area contributed by atoms with Gasteiger partial charge in [-0.25, -0.2) is 0 Å². The zero-order valence-electron chi connectivity index (χ0n) is 13.4. The first-order chi connectivity index (χ1) is 11.9. The predicted octanol–water partition coefficient (Wildman–Crippen LogP) is 5.57. The number of hydrogen-bond acceptors (Lipinski definition) is 2. The number of fused-ring (bicyclic) bond motifs is 3. The summed E-state index contributed by atoms with van der Waals surface area (Å²) in [5, 5.41) is 3.54. The molecule has 116 valence electrons. The van der Waals surface area contributed by atoms with Crippen molar-refractivity contribution >= 4 is 33.8 Å². The standard InChI is InChI=1S/C22H17NO/c1-24-20-10-3-2-6-16(20)11-12-17-7-4-8-18-13-14-19-9-5-15-23-22(19)21(17)18/h2-15H,1H3/b12-11+. The van der Waals surface area contributed by atoms with Crippen LogP contribution in [0.25, 0.3) is 33.8 Å². The number of hydrogen-bond donors (Lipinski definition) is 0. The maximum atomic E-state index is 5.43. The first-order valence-corrected chi connectivity index (χ1v) is 7.94. The molecule has 1 aromatic heterocycles. The Labute approximate surface area is 141 Å². The highest BCUT2D eigenvalue weighted by molar-refractivity contribution is 6.09. The lowest BCUT2D eigenvalue weighted by Crippen LogP contribution is -1.86. The van der Waals surface area contributed by atoms with Gasteiger partial charge in [0.25, 0.3) is 0 Å². The fourth-order valence-electron chi connectivity index (χ4n) is 3.06. The Morgan fingerprint density at radius 1 is 0.750 bits per heavy atom. The Kier molecular flexibility index (Phi) is 3.72. The predicted molar refractivity (Wildman–Crippen MR) is 101 cm³/mol. The molecule has 0 aliphatic heterocycles. The summed E-state index contributed by atoms with van der Waals surface area (Å²) in [5.74, 6) is 0.872. The molecule has 0 N–H and O–H groups in total. The molecular weight excluding hydrogens is 294 g/mol. The van der Waals surface area contributed by atoms with Crippen molar-refractivity contribution in [2.45, 2.75) is 0 Å². The van der Waals surface area contributed by atoms with Crippen LogP contribution in [0.5, 0.6) is 5.75 Å². The van der Waals surface area contributed by atoms with E-state index in [0.29, 0.717) is 0 Å². The smallest absolute Gasteiger partial charge is 0.126 e. The fraction of sp³-hybridized carbons (Fsp3) is 0.0455. The average molecular weight is 311 g/mol. The second kappa shape index (κ2) is 6.17. The molecule has 0 saturated carbocycles. The maximum Gasteiger partial charge on any atom is 0.126 e. The normalized spacial score (nSPS) is 11.4. The van der Waals surface area contributed by atoms with Crippen LogP contribution in [0.1, 0.15) is 11.1 Å². The molecule has 0 spiro atoms. The van der Waals surface area contributed by atoms with E-state index >= 15 is 0 Å². The Hall–Kier alpha value is -3.13. The van der Waals surface area contributed by atoms with Crippen molar-refractivity contribution in [2.75, 3.05) is 7.11 Å². The van der Waals surface area contributed by atoms with Crippen molar-refractivity contribution in [3.8, 4) is 5.75 Å². The Morgan fingerprint density at radius 3 is 2.42 bits per heavy atom. The second-order valence-electron chi connectivity index (χ2n) is 5.66. The van der Waals surface area contributed by atoms with Gasteiger partial charge in [-0.15, -0.1) is 0 Å². The van der Waals surface area contributed by atoms with E-state index in [1.807, 2.05) is 30.5 Å². The minimum atomic E-state index is 0.872. The van der Waals surface area contributed by atoms with E-state index < -0.39 is 0 Å². The maximum absolute atomic E-state index is 5.43. The molecular formula is C22H17NO. The molecule has 24 heavy (non-hydrogen) atoms. The number of pyridine rings is 1. The first-order valence-electron chi connectivity index (χ1n) is 7.94. The van der Waals surface area contributed by atoms with Crippen LogP contribution >= 0.6 is 0 Å². The highest BCUT2D eigenvalue weighted by Crippen LogP contribution is 2.28. The molecule has 0 unspecified atom stereocenters. The molecule has 0 amide bonds. The van der Waals surface area contributed by atoms with Crippen molar-refractivity contribution in [3.05, 3.63) is 84.1 Å². The SMILES string of the molecule is COc1ccccc1/C=C/c1cccc2ccc3cccnc3c12. The van der Waals surface area contributed by atoms with Crippen molar-refractivity contribution in [2.24, 2.45) is 0 Å². The van der Waals surface area contributed by atoms with Gasteiger partial charge in [0.15, 0.2) is 0 Å². The summed E-state index contributed by atoms with van der Waals surface area (Å²) in [5.41, 5.74) is 3.25. The van der Waals surface area contributed by atoms with Gasteiger partial charge in [0.2, 0.25) is 0 Å². The van der Waals surface area contributed by atoms with Gasteiger partial charge in [0.1, 0.15) is 5.75 Å². The number of methoxy groups -OCH3 is 1. The van der Waals surface area contributed by atoms with Gasteiger partial charge in [0, 0.05) is 22.5 Å². The lowest BCUT2D eigenvalue weighted by atomic mass is 10.00. The number of rotatable bonds is 3. The van der Waals surface area contributed by atoms with Crippen molar-refractivity contribution < 1.29 is 4.74 Å². The highest BCUT2D eigenvalue weighted by Gasteiger charge is 2.05. The van der Waals surface area contributed by atoms with Gasteiger partial charge in [-0.05, 0) is 23.1 Å². The minimum Gasteiger partial charge on any atom is -0.496 e. The molecule has 2 heteroatoms. The largest absolute Gasteiger partial charge is 0.496 e. The van der Waals surface area contributed by atoms with E-state index in [1.54, 1.807) is 7.11 Å². The molecule has 0 aliphatic carbocycles. The van der Waals surface area contributed by atoms with E-state index in [9.17, 15) is 0 Å². The van der Waals surface area contributed by atoms with Gasteiger partial charge in [-0.3, -0.25) is 4.98 Å². The van der Waals surface area contributed by atoms with Crippen LogP contribution < -0.4 is 4.74 Å². The number of benzene rings is 3. The summed E-state index contributed by atoms with van der Waals surface area (Å²) in [6.45, 7) is 0. The summed E-state index contributed by atoms with van der Waals surface area (Å²) in [7, 11) is 1.70. The molecule has 0 fully saturated rings. The summed E-state index contributed by atoms with van der Waals surface area (Å²) in [6, 6.07) is 22.7. The highest BCUT2D eigenvalue weighted by atomic mass is 16.5. The van der Waals surface area contributed by atoms with Crippen LogP contribution in [0, 0.1) is 0 Å². The summed E-state index contributed by atoms with van der Waals surface area (Å²) in [6.07, 6.45) is 6.08. The quantitative estimate of drug-likeness (QED) is 0.364. The topological polar surface area (TPSA) is 22.1 Å². The van der Waals surface area contributed by atoms with Crippen LogP contribution in [0.2, 0.25) is 0 Å². The lowest BCUT2D eigenvalue weighted by Gasteiger charge is -2.07. The Balaban J connectivity index is 1.91. The zero-order chi connectivity index (χ0) is 16.4. The molecule has 1 heterocycles.